The van der Waals surface area contributed by atoms with Crippen LogP contribution in [0.1, 0.15) is 24.7 Å². The molecule has 1 saturated heterocycles. The number of furan rings is 1. The average Bonchev–Trinajstić information content (AvgIpc) is 3.32. The van der Waals surface area contributed by atoms with E-state index in [9.17, 15) is 4.79 Å². The lowest BCUT2D eigenvalue weighted by Crippen LogP contribution is -2.45. The van der Waals surface area contributed by atoms with E-state index >= 15 is 0 Å². The van der Waals surface area contributed by atoms with Gasteiger partial charge in [0, 0.05) is 25.6 Å². The summed E-state index contributed by atoms with van der Waals surface area (Å²) in [6.07, 6.45) is 2.65. The third kappa shape index (κ3) is 4.25. The summed E-state index contributed by atoms with van der Waals surface area (Å²) in [5, 5.41) is 5.99. The van der Waals surface area contributed by atoms with Gasteiger partial charge in [0.15, 0.2) is 5.96 Å². The number of rotatable bonds is 5. The number of likely N-dealkylation sites (tertiary alicyclic amines) is 1. The van der Waals surface area contributed by atoms with Gasteiger partial charge in [-0.25, -0.2) is 0 Å². The zero-order valence-corrected chi connectivity index (χ0v) is 15.4. The van der Waals surface area contributed by atoms with Crippen LogP contribution >= 0.6 is 0 Å². The molecule has 0 spiro atoms. The molecule has 3 rings (SSSR count). The maximum absolute atomic E-state index is 12.0. The molecule has 6 nitrogen and oxygen atoms in total. The SMILES string of the molecule is CN=C(NCC(=O)NCc1ccco1)N1CCC(C)(c2ccccc2)C1. The monoisotopic (exact) mass is 354 g/mol. The molecular formula is C20H26N4O2. The quantitative estimate of drug-likeness (QED) is 0.638. The van der Waals surface area contributed by atoms with Gasteiger partial charge in [0.25, 0.3) is 0 Å². The molecule has 1 aliphatic rings. The summed E-state index contributed by atoms with van der Waals surface area (Å²) in [6, 6.07) is 14.2. The highest BCUT2D eigenvalue weighted by atomic mass is 16.3. The van der Waals surface area contributed by atoms with Gasteiger partial charge in [0.05, 0.1) is 19.4 Å². The van der Waals surface area contributed by atoms with Crippen LogP contribution in [0.15, 0.2) is 58.1 Å². The molecule has 26 heavy (non-hydrogen) atoms. The summed E-state index contributed by atoms with van der Waals surface area (Å²) < 4.78 is 5.21. The van der Waals surface area contributed by atoms with Crippen molar-refractivity contribution in [3.8, 4) is 0 Å². The van der Waals surface area contributed by atoms with Crippen LogP contribution in [0.5, 0.6) is 0 Å². The number of carbonyl (C=O) groups excluding carboxylic acids is 1. The van der Waals surface area contributed by atoms with E-state index in [2.05, 4.69) is 51.7 Å². The highest BCUT2D eigenvalue weighted by Crippen LogP contribution is 2.33. The minimum absolute atomic E-state index is 0.0902. The molecule has 0 radical (unpaired) electrons. The zero-order valence-electron chi connectivity index (χ0n) is 15.4. The highest BCUT2D eigenvalue weighted by molar-refractivity contribution is 5.86. The van der Waals surface area contributed by atoms with Crippen LogP contribution in [-0.2, 0) is 16.8 Å². The van der Waals surface area contributed by atoms with E-state index < -0.39 is 0 Å². The van der Waals surface area contributed by atoms with Gasteiger partial charge in [-0.15, -0.1) is 0 Å². The summed E-state index contributed by atoms with van der Waals surface area (Å²) in [6.45, 7) is 4.66. The molecule has 2 heterocycles. The van der Waals surface area contributed by atoms with Gasteiger partial charge in [-0.3, -0.25) is 9.79 Å². The Kier molecular flexibility index (Phi) is 5.61. The van der Waals surface area contributed by atoms with Crippen LogP contribution in [0.4, 0.5) is 0 Å². The second kappa shape index (κ2) is 8.08. The standard InChI is InChI=1S/C20H26N4O2/c1-20(16-7-4-3-5-8-16)10-11-24(15-20)19(21-2)23-14-18(25)22-13-17-9-6-12-26-17/h3-9,12H,10-11,13-15H2,1-2H3,(H,21,23)(H,22,25). The molecule has 1 fully saturated rings. The number of benzene rings is 1. The van der Waals surface area contributed by atoms with E-state index in [-0.39, 0.29) is 17.9 Å². The van der Waals surface area contributed by atoms with Crippen molar-refractivity contribution in [2.75, 3.05) is 26.7 Å². The minimum Gasteiger partial charge on any atom is -0.467 e. The first kappa shape index (κ1) is 18.0. The molecule has 0 saturated carbocycles. The first-order valence-corrected chi connectivity index (χ1v) is 8.91. The Morgan fingerprint density at radius 3 is 2.73 bits per heavy atom. The molecule has 1 amide bonds. The van der Waals surface area contributed by atoms with Crippen molar-refractivity contribution in [1.29, 1.82) is 0 Å². The molecule has 1 aliphatic heterocycles. The molecule has 1 aromatic heterocycles. The van der Waals surface area contributed by atoms with E-state index in [0.29, 0.717) is 6.54 Å². The van der Waals surface area contributed by atoms with Crippen LogP contribution in [-0.4, -0.2) is 43.4 Å². The number of nitrogens with zero attached hydrogens (tertiary/aromatic N) is 2. The number of carbonyl (C=O) groups is 1. The Morgan fingerprint density at radius 2 is 2.04 bits per heavy atom. The third-order valence-electron chi connectivity index (χ3n) is 4.90. The highest BCUT2D eigenvalue weighted by Gasteiger charge is 2.36. The zero-order chi connectivity index (χ0) is 18.4. The topological polar surface area (TPSA) is 69.9 Å². The van der Waals surface area contributed by atoms with Crippen LogP contribution in [0.25, 0.3) is 0 Å². The van der Waals surface area contributed by atoms with Crippen molar-refractivity contribution in [2.45, 2.75) is 25.3 Å². The van der Waals surface area contributed by atoms with Crippen LogP contribution in [0.3, 0.4) is 0 Å². The summed E-state index contributed by atoms with van der Waals surface area (Å²) >= 11 is 0. The Morgan fingerprint density at radius 1 is 1.23 bits per heavy atom. The number of hydrogen-bond donors (Lipinski definition) is 2. The van der Waals surface area contributed by atoms with Crippen molar-refractivity contribution in [3.05, 3.63) is 60.1 Å². The third-order valence-corrected chi connectivity index (χ3v) is 4.90. The lowest BCUT2D eigenvalue weighted by atomic mass is 9.82. The van der Waals surface area contributed by atoms with Crippen molar-refractivity contribution in [3.63, 3.8) is 0 Å². The summed E-state index contributed by atoms with van der Waals surface area (Å²) in [7, 11) is 1.75. The van der Waals surface area contributed by atoms with E-state index in [1.54, 1.807) is 19.4 Å². The molecule has 1 atom stereocenters. The normalized spacial score (nSPS) is 20.2. The molecule has 0 aliphatic carbocycles. The lowest BCUT2D eigenvalue weighted by Gasteiger charge is -2.27. The van der Waals surface area contributed by atoms with Crippen LogP contribution in [0.2, 0.25) is 0 Å². The smallest absolute Gasteiger partial charge is 0.239 e. The maximum Gasteiger partial charge on any atom is 0.239 e. The fraction of sp³-hybridized carbons (Fsp3) is 0.400. The van der Waals surface area contributed by atoms with Crippen molar-refractivity contribution >= 4 is 11.9 Å². The maximum atomic E-state index is 12.0. The Hall–Kier alpha value is -2.76. The van der Waals surface area contributed by atoms with Gasteiger partial charge >= 0.3 is 0 Å². The lowest BCUT2D eigenvalue weighted by molar-refractivity contribution is -0.120. The van der Waals surface area contributed by atoms with Gasteiger partial charge in [-0.1, -0.05) is 37.3 Å². The van der Waals surface area contributed by atoms with Gasteiger partial charge in [-0.05, 0) is 24.1 Å². The predicted molar refractivity (Wildman–Crippen MR) is 102 cm³/mol. The predicted octanol–water partition coefficient (Wildman–Crippen LogP) is 2.13. The molecule has 0 bridgehead atoms. The molecule has 1 aromatic carbocycles. The van der Waals surface area contributed by atoms with Gasteiger partial charge in [0.2, 0.25) is 5.91 Å². The molecule has 1 unspecified atom stereocenters. The first-order valence-electron chi connectivity index (χ1n) is 8.91. The van der Waals surface area contributed by atoms with Gasteiger partial charge in [-0.2, -0.15) is 0 Å². The molecule has 138 valence electrons. The number of nitrogens with one attached hydrogen (secondary N) is 2. The Balaban J connectivity index is 1.51. The van der Waals surface area contributed by atoms with Crippen molar-refractivity contribution in [2.24, 2.45) is 4.99 Å². The molecule has 2 aromatic rings. The van der Waals surface area contributed by atoms with E-state index in [4.69, 9.17) is 4.42 Å². The largest absolute Gasteiger partial charge is 0.467 e. The first-order chi connectivity index (χ1) is 12.6. The van der Waals surface area contributed by atoms with Gasteiger partial charge in [0.1, 0.15) is 5.76 Å². The number of aliphatic imine (C=N–C) groups is 1. The minimum atomic E-state index is -0.0902. The molecule has 2 N–H and O–H groups in total. The summed E-state index contributed by atoms with van der Waals surface area (Å²) in [5.41, 5.74) is 1.44. The van der Waals surface area contributed by atoms with E-state index in [1.165, 1.54) is 5.56 Å². The average molecular weight is 354 g/mol. The van der Waals surface area contributed by atoms with Gasteiger partial charge < -0.3 is 20.0 Å². The second-order valence-corrected chi connectivity index (χ2v) is 6.86. The number of guanidine groups is 1. The van der Waals surface area contributed by atoms with Crippen LogP contribution in [0, 0.1) is 0 Å². The Bertz CT molecular complexity index is 742. The van der Waals surface area contributed by atoms with Crippen LogP contribution < -0.4 is 10.6 Å². The summed E-state index contributed by atoms with van der Waals surface area (Å²) in [4.78, 5) is 18.6. The fourth-order valence-electron chi connectivity index (χ4n) is 3.37. The number of hydrogen-bond acceptors (Lipinski definition) is 3. The molecule has 6 heteroatoms. The number of amides is 1. The van der Waals surface area contributed by atoms with Crippen molar-refractivity contribution in [1.82, 2.24) is 15.5 Å². The Labute approximate surface area is 154 Å². The fourth-order valence-corrected chi connectivity index (χ4v) is 3.37. The second-order valence-electron chi connectivity index (χ2n) is 6.86. The van der Waals surface area contributed by atoms with E-state index in [0.717, 1.165) is 31.2 Å². The van der Waals surface area contributed by atoms with Crippen molar-refractivity contribution < 1.29 is 9.21 Å². The molecular weight excluding hydrogens is 328 g/mol. The summed E-state index contributed by atoms with van der Waals surface area (Å²) in [5.74, 6) is 1.41. The van der Waals surface area contributed by atoms with E-state index in [1.807, 2.05) is 12.1 Å².